The number of benzene rings is 1. The number of rotatable bonds is 3. The Morgan fingerprint density at radius 2 is 2.31 bits per heavy atom. The summed E-state index contributed by atoms with van der Waals surface area (Å²) in [5.41, 5.74) is 1.01. The Hall–Kier alpha value is -0.0900. The lowest BCUT2D eigenvalue weighted by Gasteiger charge is -2.15. The molecule has 1 atom stereocenters. The third-order valence-electron chi connectivity index (χ3n) is 1.87. The topological polar surface area (TPSA) is 32.3 Å². The average Bonchev–Trinajstić information content (AvgIpc) is 2.10. The van der Waals surface area contributed by atoms with Crippen LogP contribution in [0.3, 0.4) is 0 Å². The van der Waals surface area contributed by atoms with E-state index in [1.807, 2.05) is 25.2 Å². The zero-order valence-corrected chi connectivity index (χ0v) is 9.56. The standard InChI is InChI=1S/C9H11BrClNO/c1-12-9(5-13)7-3-2-6(11)4-8(7)10/h2-4,9,12-13H,5H2,1H3/t9-/m0/s1. The molecule has 0 amide bonds. The van der Waals surface area contributed by atoms with Crippen molar-refractivity contribution in [1.82, 2.24) is 5.32 Å². The number of aliphatic hydroxyl groups is 1. The number of halogens is 2. The molecule has 0 aliphatic carbocycles. The molecule has 0 saturated carbocycles. The van der Waals surface area contributed by atoms with Gasteiger partial charge in [-0.05, 0) is 24.7 Å². The van der Waals surface area contributed by atoms with Gasteiger partial charge >= 0.3 is 0 Å². The number of likely N-dealkylation sites (N-methyl/N-ethyl adjacent to an activating group) is 1. The molecule has 1 rings (SSSR count). The van der Waals surface area contributed by atoms with E-state index in [-0.39, 0.29) is 12.6 Å². The molecule has 0 aromatic heterocycles. The summed E-state index contributed by atoms with van der Waals surface area (Å²) >= 11 is 9.19. The van der Waals surface area contributed by atoms with Gasteiger partial charge in [-0.1, -0.05) is 33.6 Å². The lowest BCUT2D eigenvalue weighted by atomic mass is 10.1. The lowest BCUT2D eigenvalue weighted by molar-refractivity contribution is 0.250. The van der Waals surface area contributed by atoms with Crippen LogP contribution in [0.2, 0.25) is 5.02 Å². The van der Waals surface area contributed by atoms with E-state index in [1.165, 1.54) is 0 Å². The van der Waals surface area contributed by atoms with Crippen LogP contribution in [0.5, 0.6) is 0 Å². The summed E-state index contributed by atoms with van der Waals surface area (Å²) in [6.07, 6.45) is 0. The summed E-state index contributed by atoms with van der Waals surface area (Å²) in [4.78, 5) is 0. The van der Waals surface area contributed by atoms with Crippen LogP contribution in [0.25, 0.3) is 0 Å². The molecule has 0 saturated heterocycles. The van der Waals surface area contributed by atoms with E-state index in [9.17, 15) is 0 Å². The Balaban J connectivity index is 2.99. The third kappa shape index (κ3) is 2.68. The lowest BCUT2D eigenvalue weighted by Crippen LogP contribution is -2.20. The summed E-state index contributed by atoms with van der Waals surface area (Å²) in [5.74, 6) is 0. The molecule has 1 aromatic carbocycles. The monoisotopic (exact) mass is 263 g/mol. The first kappa shape index (κ1) is 11.0. The van der Waals surface area contributed by atoms with E-state index in [0.29, 0.717) is 5.02 Å². The second kappa shape index (κ2) is 4.96. The van der Waals surface area contributed by atoms with Crippen LogP contribution in [0, 0.1) is 0 Å². The fourth-order valence-corrected chi connectivity index (χ4v) is 2.09. The molecule has 2 N–H and O–H groups in total. The zero-order valence-electron chi connectivity index (χ0n) is 7.22. The van der Waals surface area contributed by atoms with Crippen molar-refractivity contribution in [2.45, 2.75) is 6.04 Å². The highest BCUT2D eigenvalue weighted by Crippen LogP contribution is 2.26. The maximum atomic E-state index is 9.06. The van der Waals surface area contributed by atoms with Crippen LogP contribution in [0.1, 0.15) is 11.6 Å². The van der Waals surface area contributed by atoms with Crippen LogP contribution in [0.4, 0.5) is 0 Å². The molecule has 13 heavy (non-hydrogen) atoms. The quantitative estimate of drug-likeness (QED) is 0.878. The summed E-state index contributed by atoms with van der Waals surface area (Å²) in [6, 6.07) is 5.47. The van der Waals surface area contributed by atoms with E-state index in [4.69, 9.17) is 16.7 Å². The Kier molecular flexibility index (Phi) is 4.19. The van der Waals surface area contributed by atoms with Gasteiger partial charge in [-0.15, -0.1) is 0 Å². The molecule has 0 aliphatic heterocycles. The van der Waals surface area contributed by atoms with E-state index in [1.54, 1.807) is 0 Å². The molecule has 2 nitrogen and oxygen atoms in total. The fraction of sp³-hybridized carbons (Fsp3) is 0.333. The number of hydrogen-bond donors (Lipinski definition) is 2. The molecule has 1 aromatic rings. The normalized spacial score (nSPS) is 12.9. The molecular formula is C9H11BrClNO. The molecule has 0 spiro atoms. The van der Waals surface area contributed by atoms with Gasteiger partial charge in [0.25, 0.3) is 0 Å². The molecule has 0 unspecified atom stereocenters. The second-order valence-corrected chi connectivity index (χ2v) is 3.98. The first-order valence-electron chi connectivity index (χ1n) is 3.92. The average molecular weight is 265 g/mol. The maximum absolute atomic E-state index is 9.06. The van der Waals surface area contributed by atoms with Crippen molar-refractivity contribution in [3.05, 3.63) is 33.3 Å². The Bertz CT molecular complexity index is 289. The predicted octanol–water partition coefficient (Wildman–Crippen LogP) is 2.36. The molecule has 72 valence electrons. The molecule has 0 fully saturated rings. The van der Waals surface area contributed by atoms with Gasteiger partial charge in [0.1, 0.15) is 0 Å². The summed E-state index contributed by atoms with van der Waals surface area (Å²) in [6.45, 7) is 0.0662. The van der Waals surface area contributed by atoms with Crippen molar-refractivity contribution in [3.8, 4) is 0 Å². The summed E-state index contributed by atoms with van der Waals surface area (Å²) in [5, 5.41) is 12.7. The molecule has 0 heterocycles. The highest BCUT2D eigenvalue weighted by Gasteiger charge is 2.10. The SMILES string of the molecule is CN[C@@H](CO)c1ccc(Cl)cc1Br. The van der Waals surface area contributed by atoms with Crippen molar-refractivity contribution in [2.24, 2.45) is 0 Å². The molecule has 4 heteroatoms. The van der Waals surface area contributed by atoms with Crippen LogP contribution >= 0.6 is 27.5 Å². The summed E-state index contributed by atoms with van der Waals surface area (Å²) in [7, 11) is 1.81. The van der Waals surface area contributed by atoms with Gasteiger partial charge in [0.05, 0.1) is 12.6 Å². The number of aliphatic hydroxyl groups excluding tert-OH is 1. The smallest absolute Gasteiger partial charge is 0.0626 e. The Labute approximate surface area is 91.0 Å². The third-order valence-corrected chi connectivity index (χ3v) is 2.79. The van der Waals surface area contributed by atoms with Crippen molar-refractivity contribution in [1.29, 1.82) is 0 Å². The van der Waals surface area contributed by atoms with E-state index < -0.39 is 0 Å². The van der Waals surface area contributed by atoms with Gasteiger partial charge in [-0.3, -0.25) is 0 Å². The minimum atomic E-state index is -0.0494. The van der Waals surface area contributed by atoms with Gasteiger partial charge in [0, 0.05) is 9.50 Å². The van der Waals surface area contributed by atoms with Crippen LogP contribution in [-0.2, 0) is 0 Å². The minimum Gasteiger partial charge on any atom is -0.394 e. The van der Waals surface area contributed by atoms with Crippen molar-refractivity contribution in [2.75, 3.05) is 13.7 Å². The van der Waals surface area contributed by atoms with Crippen LogP contribution < -0.4 is 5.32 Å². The first-order valence-corrected chi connectivity index (χ1v) is 5.09. The van der Waals surface area contributed by atoms with Crippen LogP contribution in [-0.4, -0.2) is 18.8 Å². The van der Waals surface area contributed by atoms with E-state index in [2.05, 4.69) is 21.2 Å². The Morgan fingerprint density at radius 3 is 2.77 bits per heavy atom. The minimum absolute atomic E-state index is 0.0494. The van der Waals surface area contributed by atoms with E-state index in [0.717, 1.165) is 10.0 Å². The molecule has 0 radical (unpaired) electrons. The number of nitrogens with one attached hydrogen (secondary N) is 1. The Morgan fingerprint density at radius 1 is 1.62 bits per heavy atom. The van der Waals surface area contributed by atoms with Crippen LogP contribution in [0.15, 0.2) is 22.7 Å². The molecular weight excluding hydrogens is 253 g/mol. The summed E-state index contributed by atoms with van der Waals surface area (Å²) < 4.78 is 0.911. The largest absolute Gasteiger partial charge is 0.394 e. The van der Waals surface area contributed by atoms with Gasteiger partial charge < -0.3 is 10.4 Å². The second-order valence-electron chi connectivity index (χ2n) is 2.69. The maximum Gasteiger partial charge on any atom is 0.0626 e. The predicted molar refractivity (Wildman–Crippen MR) is 58.0 cm³/mol. The van der Waals surface area contributed by atoms with Crippen molar-refractivity contribution >= 4 is 27.5 Å². The molecule has 0 bridgehead atoms. The van der Waals surface area contributed by atoms with E-state index >= 15 is 0 Å². The van der Waals surface area contributed by atoms with Crippen molar-refractivity contribution < 1.29 is 5.11 Å². The highest BCUT2D eigenvalue weighted by molar-refractivity contribution is 9.10. The first-order chi connectivity index (χ1) is 6.19. The fourth-order valence-electron chi connectivity index (χ4n) is 1.13. The van der Waals surface area contributed by atoms with Crippen molar-refractivity contribution in [3.63, 3.8) is 0 Å². The van der Waals surface area contributed by atoms with Gasteiger partial charge in [-0.2, -0.15) is 0 Å². The zero-order chi connectivity index (χ0) is 9.84. The highest BCUT2D eigenvalue weighted by atomic mass is 79.9. The van der Waals surface area contributed by atoms with Gasteiger partial charge in [0.2, 0.25) is 0 Å². The van der Waals surface area contributed by atoms with Gasteiger partial charge in [-0.25, -0.2) is 0 Å². The molecule has 0 aliphatic rings. The number of hydrogen-bond acceptors (Lipinski definition) is 2. The van der Waals surface area contributed by atoms with Gasteiger partial charge in [0.15, 0.2) is 0 Å².